The molecular weight excluding hydrogens is 188 g/mol. The number of imidazole rings is 1. The van der Waals surface area contributed by atoms with Crippen LogP contribution in [0.3, 0.4) is 0 Å². The van der Waals surface area contributed by atoms with Gasteiger partial charge in [-0.05, 0) is 38.9 Å². The molecule has 0 unspecified atom stereocenters. The molecule has 0 aromatic carbocycles. The number of nitrogens with zero attached hydrogens (tertiary/aromatic N) is 3. The first-order valence-electron chi connectivity index (χ1n) is 5.80. The predicted octanol–water partition coefficient (Wildman–Crippen LogP) is 1.32. The average Bonchev–Trinajstić information content (AvgIpc) is 2.85. The van der Waals surface area contributed by atoms with E-state index in [0.29, 0.717) is 0 Å². The maximum absolute atomic E-state index is 4.22. The third-order valence-corrected chi connectivity index (χ3v) is 2.95. The van der Waals surface area contributed by atoms with Gasteiger partial charge in [-0.15, -0.1) is 0 Å². The van der Waals surface area contributed by atoms with Gasteiger partial charge in [0.2, 0.25) is 5.95 Å². The van der Waals surface area contributed by atoms with Crippen molar-refractivity contribution < 1.29 is 0 Å². The van der Waals surface area contributed by atoms with Crippen LogP contribution < -0.4 is 5.32 Å². The number of nitrogens with one attached hydrogen (secondary N) is 1. The molecule has 1 aromatic heterocycles. The minimum Gasteiger partial charge on any atom is -0.356 e. The van der Waals surface area contributed by atoms with Gasteiger partial charge in [0.05, 0.1) is 0 Å². The van der Waals surface area contributed by atoms with Gasteiger partial charge in [0.15, 0.2) is 0 Å². The van der Waals surface area contributed by atoms with Gasteiger partial charge >= 0.3 is 0 Å². The van der Waals surface area contributed by atoms with E-state index in [1.165, 1.54) is 38.9 Å². The third kappa shape index (κ3) is 2.96. The topological polar surface area (TPSA) is 33.1 Å². The molecule has 1 fully saturated rings. The predicted molar refractivity (Wildman–Crippen MR) is 62.0 cm³/mol. The van der Waals surface area contributed by atoms with Crippen LogP contribution in [0.4, 0.5) is 5.95 Å². The van der Waals surface area contributed by atoms with E-state index in [2.05, 4.69) is 15.2 Å². The third-order valence-electron chi connectivity index (χ3n) is 2.95. The van der Waals surface area contributed by atoms with E-state index in [4.69, 9.17) is 0 Å². The maximum Gasteiger partial charge on any atom is 0.202 e. The Labute approximate surface area is 91.3 Å². The second-order valence-electron chi connectivity index (χ2n) is 4.19. The molecule has 0 amide bonds. The molecule has 1 saturated heterocycles. The van der Waals surface area contributed by atoms with Crippen molar-refractivity contribution >= 4 is 5.95 Å². The highest BCUT2D eigenvalue weighted by Crippen LogP contribution is 2.07. The summed E-state index contributed by atoms with van der Waals surface area (Å²) in [5, 5.41) is 3.34. The maximum atomic E-state index is 4.22. The summed E-state index contributed by atoms with van der Waals surface area (Å²) in [5.41, 5.74) is 0. The van der Waals surface area contributed by atoms with Crippen molar-refractivity contribution in [2.45, 2.75) is 19.3 Å². The zero-order valence-corrected chi connectivity index (χ0v) is 9.45. The van der Waals surface area contributed by atoms with E-state index in [0.717, 1.165) is 12.5 Å². The van der Waals surface area contributed by atoms with Gasteiger partial charge in [-0.3, -0.25) is 0 Å². The standard InChI is InChI=1S/C11H20N4/c1-14-10-6-13-11(14)12-5-4-9-15-7-2-3-8-15/h6,10H,2-5,7-9H2,1H3,(H,12,13). The zero-order chi connectivity index (χ0) is 10.5. The van der Waals surface area contributed by atoms with Crippen molar-refractivity contribution in [1.29, 1.82) is 0 Å². The Morgan fingerprint density at radius 3 is 2.87 bits per heavy atom. The van der Waals surface area contributed by atoms with Crippen molar-refractivity contribution in [3.63, 3.8) is 0 Å². The first kappa shape index (κ1) is 10.5. The lowest BCUT2D eigenvalue weighted by Crippen LogP contribution is -2.22. The average molecular weight is 208 g/mol. The lowest BCUT2D eigenvalue weighted by Gasteiger charge is -2.14. The normalized spacial score (nSPS) is 17.1. The second kappa shape index (κ2) is 5.16. The molecule has 15 heavy (non-hydrogen) atoms. The highest BCUT2D eigenvalue weighted by Gasteiger charge is 2.10. The van der Waals surface area contributed by atoms with Crippen molar-refractivity contribution in [2.75, 3.05) is 31.5 Å². The number of hydrogen-bond donors (Lipinski definition) is 1. The van der Waals surface area contributed by atoms with E-state index in [1.54, 1.807) is 0 Å². The van der Waals surface area contributed by atoms with Crippen LogP contribution in [0.2, 0.25) is 0 Å². The molecule has 0 radical (unpaired) electrons. The highest BCUT2D eigenvalue weighted by atomic mass is 15.2. The number of hydrogen-bond acceptors (Lipinski definition) is 3. The van der Waals surface area contributed by atoms with Crippen LogP contribution in [0, 0.1) is 0 Å². The largest absolute Gasteiger partial charge is 0.356 e. The molecule has 0 spiro atoms. The molecule has 0 bridgehead atoms. The van der Waals surface area contributed by atoms with Crippen molar-refractivity contribution in [1.82, 2.24) is 14.5 Å². The Hall–Kier alpha value is -1.03. The lowest BCUT2D eigenvalue weighted by molar-refractivity contribution is 0.337. The number of aromatic nitrogens is 2. The quantitative estimate of drug-likeness (QED) is 0.741. The molecule has 1 aliphatic heterocycles. The fourth-order valence-electron chi connectivity index (χ4n) is 2.05. The van der Waals surface area contributed by atoms with Crippen LogP contribution in [-0.2, 0) is 7.05 Å². The summed E-state index contributed by atoms with van der Waals surface area (Å²) >= 11 is 0. The van der Waals surface area contributed by atoms with Crippen LogP contribution in [0.1, 0.15) is 19.3 Å². The minimum atomic E-state index is 0.969. The molecule has 2 heterocycles. The molecule has 0 saturated carbocycles. The molecule has 1 N–H and O–H groups in total. The summed E-state index contributed by atoms with van der Waals surface area (Å²) in [6, 6.07) is 0. The van der Waals surface area contributed by atoms with Crippen molar-refractivity contribution in [3.8, 4) is 0 Å². The first-order valence-corrected chi connectivity index (χ1v) is 5.80. The Morgan fingerprint density at radius 2 is 2.20 bits per heavy atom. The molecule has 1 aliphatic rings. The van der Waals surface area contributed by atoms with Gasteiger partial charge in [0, 0.05) is 26.0 Å². The molecule has 4 nitrogen and oxygen atoms in total. The van der Waals surface area contributed by atoms with Crippen LogP contribution in [-0.4, -0.2) is 40.6 Å². The minimum absolute atomic E-state index is 0.969. The Balaban J connectivity index is 1.60. The van der Waals surface area contributed by atoms with Crippen LogP contribution in [0.5, 0.6) is 0 Å². The molecule has 0 atom stereocenters. The van der Waals surface area contributed by atoms with E-state index in [-0.39, 0.29) is 0 Å². The molecule has 84 valence electrons. The summed E-state index contributed by atoms with van der Waals surface area (Å²) in [4.78, 5) is 6.77. The van der Waals surface area contributed by atoms with E-state index in [9.17, 15) is 0 Å². The molecule has 0 aliphatic carbocycles. The van der Waals surface area contributed by atoms with Crippen LogP contribution >= 0.6 is 0 Å². The number of anilines is 1. The van der Waals surface area contributed by atoms with Crippen molar-refractivity contribution in [3.05, 3.63) is 12.4 Å². The highest BCUT2D eigenvalue weighted by molar-refractivity contribution is 5.24. The summed E-state index contributed by atoms with van der Waals surface area (Å²) in [5.74, 6) is 0.969. The summed E-state index contributed by atoms with van der Waals surface area (Å²) < 4.78 is 2.01. The van der Waals surface area contributed by atoms with Gasteiger partial charge < -0.3 is 14.8 Å². The molecule has 2 rings (SSSR count). The van der Waals surface area contributed by atoms with E-state index < -0.39 is 0 Å². The Morgan fingerprint density at radius 1 is 1.40 bits per heavy atom. The Kier molecular flexibility index (Phi) is 3.61. The second-order valence-corrected chi connectivity index (χ2v) is 4.19. The zero-order valence-electron chi connectivity index (χ0n) is 9.45. The van der Waals surface area contributed by atoms with Crippen LogP contribution in [0.25, 0.3) is 0 Å². The summed E-state index contributed by atoms with van der Waals surface area (Å²) in [6.07, 6.45) is 7.75. The van der Waals surface area contributed by atoms with Gasteiger partial charge in [0.25, 0.3) is 0 Å². The number of likely N-dealkylation sites (tertiary alicyclic amines) is 1. The lowest BCUT2D eigenvalue weighted by atomic mass is 10.4. The smallest absolute Gasteiger partial charge is 0.202 e. The SMILES string of the molecule is Cn1ccnc1NCCCN1CCCC1. The monoisotopic (exact) mass is 208 g/mol. The fourth-order valence-corrected chi connectivity index (χ4v) is 2.05. The fraction of sp³-hybridized carbons (Fsp3) is 0.727. The van der Waals surface area contributed by atoms with E-state index >= 15 is 0 Å². The summed E-state index contributed by atoms with van der Waals surface area (Å²) in [7, 11) is 2.01. The molecular formula is C11H20N4. The van der Waals surface area contributed by atoms with E-state index in [1.807, 2.05) is 24.0 Å². The molecule has 4 heteroatoms. The van der Waals surface area contributed by atoms with Gasteiger partial charge in [-0.2, -0.15) is 0 Å². The number of aryl methyl sites for hydroxylation is 1. The first-order chi connectivity index (χ1) is 7.36. The Bertz CT molecular complexity index is 289. The van der Waals surface area contributed by atoms with Gasteiger partial charge in [-0.25, -0.2) is 4.98 Å². The number of rotatable bonds is 5. The van der Waals surface area contributed by atoms with Crippen LogP contribution in [0.15, 0.2) is 12.4 Å². The molecule has 1 aromatic rings. The summed E-state index contributed by atoms with van der Waals surface area (Å²) in [6.45, 7) is 4.82. The van der Waals surface area contributed by atoms with Gasteiger partial charge in [0.1, 0.15) is 0 Å². The van der Waals surface area contributed by atoms with Gasteiger partial charge in [-0.1, -0.05) is 0 Å². The van der Waals surface area contributed by atoms with Crippen molar-refractivity contribution in [2.24, 2.45) is 7.05 Å².